The van der Waals surface area contributed by atoms with Crippen LogP contribution in [0.4, 0.5) is 17.5 Å². The molecule has 2 aromatic carbocycles. The Morgan fingerprint density at radius 3 is 2.28 bits per heavy atom. The van der Waals surface area contributed by atoms with Gasteiger partial charge in [0.2, 0.25) is 5.95 Å². The van der Waals surface area contributed by atoms with E-state index in [1.807, 2.05) is 24.3 Å². The van der Waals surface area contributed by atoms with E-state index < -0.39 is 0 Å². The average molecular weight is 330 g/mol. The van der Waals surface area contributed by atoms with Crippen molar-refractivity contribution in [3.05, 3.63) is 65.7 Å². The lowest BCUT2D eigenvalue weighted by Gasteiger charge is -2.12. The van der Waals surface area contributed by atoms with E-state index in [2.05, 4.69) is 59.8 Å². The lowest BCUT2D eigenvalue weighted by atomic mass is 10.1. The molecule has 126 valence electrons. The number of hydrogen-bond donors (Lipinski definition) is 2. The number of anilines is 3. The summed E-state index contributed by atoms with van der Waals surface area (Å²) in [7, 11) is 0. The van der Waals surface area contributed by atoms with E-state index in [4.69, 9.17) is 4.98 Å². The number of nitrogens with one attached hydrogen (secondary N) is 2. The highest BCUT2D eigenvalue weighted by molar-refractivity contribution is 5.68. The fourth-order valence-corrected chi connectivity index (χ4v) is 2.94. The van der Waals surface area contributed by atoms with Crippen LogP contribution in [-0.4, -0.2) is 16.0 Å². The molecule has 25 heavy (non-hydrogen) atoms. The molecule has 1 fully saturated rings. The second-order valence-electron chi connectivity index (χ2n) is 6.75. The van der Waals surface area contributed by atoms with Crippen LogP contribution in [0.5, 0.6) is 0 Å². The van der Waals surface area contributed by atoms with Gasteiger partial charge in [-0.05, 0) is 49.9 Å². The Kier molecular flexibility index (Phi) is 4.10. The number of hydrogen-bond acceptors (Lipinski definition) is 4. The van der Waals surface area contributed by atoms with Gasteiger partial charge in [0.1, 0.15) is 5.82 Å². The molecule has 3 aromatic rings. The molecule has 1 heterocycles. The summed E-state index contributed by atoms with van der Waals surface area (Å²) in [6.45, 7) is 4.21. The highest BCUT2D eigenvalue weighted by atomic mass is 15.2. The van der Waals surface area contributed by atoms with Crippen molar-refractivity contribution in [2.75, 3.05) is 10.6 Å². The topological polar surface area (TPSA) is 49.8 Å². The highest BCUT2D eigenvalue weighted by Gasteiger charge is 2.22. The fraction of sp³-hybridized carbons (Fsp3) is 0.238. The Labute approximate surface area is 148 Å². The van der Waals surface area contributed by atoms with Crippen molar-refractivity contribution >= 4 is 17.5 Å². The van der Waals surface area contributed by atoms with Gasteiger partial charge in [0, 0.05) is 23.4 Å². The molecule has 4 rings (SSSR count). The average Bonchev–Trinajstić information content (AvgIpc) is 3.38. The molecule has 0 bridgehead atoms. The van der Waals surface area contributed by atoms with E-state index in [1.165, 1.54) is 24.0 Å². The minimum Gasteiger partial charge on any atom is -0.351 e. The van der Waals surface area contributed by atoms with Gasteiger partial charge < -0.3 is 10.6 Å². The van der Waals surface area contributed by atoms with Gasteiger partial charge in [0.25, 0.3) is 0 Å². The van der Waals surface area contributed by atoms with Gasteiger partial charge in [0.15, 0.2) is 0 Å². The number of aromatic nitrogens is 2. The van der Waals surface area contributed by atoms with Crippen molar-refractivity contribution < 1.29 is 0 Å². The van der Waals surface area contributed by atoms with Gasteiger partial charge in [-0.2, -0.15) is 4.98 Å². The first-order valence-electron chi connectivity index (χ1n) is 8.72. The minimum atomic E-state index is 0.514. The molecule has 4 nitrogen and oxygen atoms in total. The first-order valence-corrected chi connectivity index (χ1v) is 8.72. The van der Waals surface area contributed by atoms with E-state index in [0.717, 1.165) is 22.8 Å². The highest BCUT2D eigenvalue weighted by Crippen LogP contribution is 2.27. The van der Waals surface area contributed by atoms with Gasteiger partial charge in [-0.3, -0.25) is 0 Å². The summed E-state index contributed by atoms with van der Waals surface area (Å²) in [5.41, 5.74) is 5.53. The predicted molar refractivity (Wildman–Crippen MR) is 103 cm³/mol. The number of nitrogens with zero attached hydrogens (tertiary/aromatic N) is 2. The summed E-state index contributed by atoms with van der Waals surface area (Å²) in [5.74, 6) is 1.50. The summed E-state index contributed by atoms with van der Waals surface area (Å²) >= 11 is 0. The van der Waals surface area contributed by atoms with E-state index >= 15 is 0 Å². The molecule has 0 amide bonds. The van der Waals surface area contributed by atoms with Gasteiger partial charge in [-0.15, -0.1) is 0 Å². The van der Waals surface area contributed by atoms with E-state index in [0.29, 0.717) is 12.0 Å². The second kappa shape index (κ2) is 6.55. The lowest BCUT2D eigenvalue weighted by molar-refractivity contribution is 1.06. The standard InChI is InChI=1S/C21H22N4/c1-14-10-15(2)12-18(11-14)22-20-13-19(16-6-4-3-5-7-16)24-21(25-20)23-17-8-9-17/h3-7,10-13,17H,8-9H2,1-2H3,(H2,22,23,24,25). The van der Waals surface area contributed by atoms with Gasteiger partial charge in [0.05, 0.1) is 5.69 Å². The largest absolute Gasteiger partial charge is 0.351 e. The third kappa shape index (κ3) is 3.97. The van der Waals surface area contributed by atoms with Crippen molar-refractivity contribution in [3.63, 3.8) is 0 Å². The maximum atomic E-state index is 4.70. The normalized spacial score (nSPS) is 13.5. The Hall–Kier alpha value is -2.88. The van der Waals surface area contributed by atoms with Crippen LogP contribution in [-0.2, 0) is 0 Å². The second-order valence-corrected chi connectivity index (χ2v) is 6.75. The third-order valence-electron chi connectivity index (χ3n) is 4.20. The van der Waals surface area contributed by atoms with Gasteiger partial charge in [-0.1, -0.05) is 36.4 Å². The monoisotopic (exact) mass is 330 g/mol. The van der Waals surface area contributed by atoms with Crippen LogP contribution >= 0.6 is 0 Å². The summed E-state index contributed by atoms with van der Waals surface area (Å²) in [5, 5.41) is 6.85. The molecular weight excluding hydrogens is 308 g/mol. The SMILES string of the molecule is Cc1cc(C)cc(Nc2cc(-c3ccccc3)nc(NC3CC3)n2)c1. The Bertz CT molecular complexity index is 865. The predicted octanol–water partition coefficient (Wildman–Crippen LogP) is 5.08. The van der Waals surface area contributed by atoms with Crippen LogP contribution in [0.25, 0.3) is 11.3 Å². The quantitative estimate of drug-likeness (QED) is 0.685. The molecule has 0 unspecified atom stereocenters. The van der Waals surface area contributed by atoms with Crippen LogP contribution in [0.1, 0.15) is 24.0 Å². The van der Waals surface area contributed by atoms with Gasteiger partial charge >= 0.3 is 0 Å². The zero-order valence-corrected chi connectivity index (χ0v) is 14.6. The number of aryl methyl sites for hydroxylation is 2. The first kappa shape index (κ1) is 15.6. The zero-order chi connectivity index (χ0) is 17.2. The Morgan fingerprint density at radius 2 is 1.60 bits per heavy atom. The van der Waals surface area contributed by atoms with E-state index in [-0.39, 0.29) is 0 Å². The minimum absolute atomic E-state index is 0.514. The molecule has 0 radical (unpaired) electrons. The maximum absolute atomic E-state index is 4.70. The third-order valence-corrected chi connectivity index (χ3v) is 4.20. The molecule has 4 heteroatoms. The fourth-order valence-electron chi connectivity index (χ4n) is 2.94. The molecule has 2 N–H and O–H groups in total. The van der Waals surface area contributed by atoms with Crippen LogP contribution in [0.2, 0.25) is 0 Å². The number of benzene rings is 2. The van der Waals surface area contributed by atoms with Crippen LogP contribution in [0.15, 0.2) is 54.6 Å². The molecule has 1 aliphatic rings. The van der Waals surface area contributed by atoms with Crippen LogP contribution in [0, 0.1) is 13.8 Å². The molecular formula is C21H22N4. The molecule has 1 saturated carbocycles. The Balaban J connectivity index is 1.70. The summed E-state index contributed by atoms with van der Waals surface area (Å²) < 4.78 is 0. The molecule has 0 saturated heterocycles. The summed E-state index contributed by atoms with van der Waals surface area (Å²) in [6.07, 6.45) is 2.39. The smallest absolute Gasteiger partial charge is 0.225 e. The first-order chi connectivity index (χ1) is 12.2. The van der Waals surface area contributed by atoms with E-state index in [1.54, 1.807) is 0 Å². The molecule has 0 atom stereocenters. The molecule has 1 aromatic heterocycles. The van der Waals surface area contributed by atoms with E-state index in [9.17, 15) is 0 Å². The number of rotatable bonds is 5. The van der Waals surface area contributed by atoms with Crippen molar-refractivity contribution in [3.8, 4) is 11.3 Å². The van der Waals surface area contributed by atoms with Crippen LogP contribution in [0.3, 0.4) is 0 Å². The molecule has 1 aliphatic carbocycles. The van der Waals surface area contributed by atoms with Crippen molar-refractivity contribution in [1.82, 2.24) is 9.97 Å². The van der Waals surface area contributed by atoms with Crippen molar-refractivity contribution in [1.29, 1.82) is 0 Å². The Morgan fingerprint density at radius 1 is 0.880 bits per heavy atom. The lowest BCUT2D eigenvalue weighted by Crippen LogP contribution is -2.07. The van der Waals surface area contributed by atoms with Crippen molar-refractivity contribution in [2.24, 2.45) is 0 Å². The van der Waals surface area contributed by atoms with Crippen LogP contribution < -0.4 is 10.6 Å². The van der Waals surface area contributed by atoms with Crippen molar-refractivity contribution in [2.45, 2.75) is 32.7 Å². The summed E-state index contributed by atoms with van der Waals surface area (Å²) in [6, 6.07) is 19.2. The maximum Gasteiger partial charge on any atom is 0.225 e. The summed E-state index contributed by atoms with van der Waals surface area (Å²) in [4.78, 5) is 9.36. The van der Waals surface area contributed by atoms with Gasteiger partial charge in [-0.25, -0.2) is 4.98 Å². The molecule has 0 spiro atoms. The zero-order valence-electron chi connectivity index (χ0n) is 14.6. The molecule has 0 aliphatic heterocycles.